The first-order valence-corrected chi connectivity index (χ1v) is 9.60. The number of aldehydes is 1. The molecule has 0 saturated carbocycles. The van der Waals surface area contributed by atoms with Crippen molar-refractivity contribution in [3.8, 4) is 17.0 Å². The Morgan fingerprint density at radius 1 is 1.12 bits per heavy atom. The highest BCUT2D eigenvalue weighted by molar-refractivity contribution is 7.15. The Bertz CT molecular complexity index is 968. The number of fused-ring (bicyclic) bond motifs is 1. The van der Waals surface area contributed by atoms with E-state index in [1.54, 1.807) is 7.11 Å². The molecule has 5 heteroatoms. The molecule has 0 bridgehead atoms. The molecule has 0 radical (unpaired) electrons. The normalized spacial score (nSPS) is 12.6. The zero-order valence-electron chi connectivity index (χ0n) is 16.5. The Morgan fingerprint density at radius 2 is 1.81 bits per heavy atom. The second-order valence-electron chi connectivity index (χ2n) is 8.62. The monoisotopic (exact) mass is 370 g/mol. The molecule has 0 aliphatic heterocycles. The van der Waals surface area contributed by atoms with Gasteiger partial charge in [-0.15, -0.1) is 11.3 Å². The van der Waals surface area contributed by atoms with Crippen LogP contribution in [0.5, 0.6) is 5.75 Å². The molecule has 0 aliphatic carbocycles. The molecule has 0 fully saturated rings. The average molecular weight is 371 g/mol. The predicted molar refractivity (Wildman–Crippen MR) is 108 cm³/mol. The molecular formula is C21H26N2O2S. The first kappa shape index (κ1) is 18.6. The van der Waals surface area contributed by atoms with Crippen LogP contribution in [0.1, 0.15) is 63.2 Å². The molecule has 0 spiro atoms. The Morgan fingerprint density at radius 3 is 2.35 bits per heavy atom. The summed E-state index contributed by atoms with van der Waals surface area (Å²) in [4.78, 5) is 17.4. The summed E-state index contributed by atoms with van der Waals surface area (Å²) in [6.07, 6.45) is 2.76. The van der Waals surface area contributed by atoms with Gasteiger partial charge in [0.15, 0.2) is 11.2 Å². The van der Waals surface area contributed by atoms with Crippen LogP contribution in [0.3, 0.4) is 0 Å². The number of rotatable bonds is 3. The number of ether oxygens (including phenoxy) is 1. The predicted octanol–water partition coefficient (Wildman–Crippen LogP) is 5.48. The number of hydrogen-bond acceptors (Lipinski definition) is 4. The zero-order valence-corrected chi connectivity index (χ0v) is 17.3. The number of thiazole rings is 1. The molecule has 0 saturated heterocycles. The highest BCUT2D eigenvalue weighted by atomic mass is 32.1. The standard InChI is InChI=1S/C21H26N2O2S/c1-20(2,3)13-10-14(18(25-7)15(11-13)21(4,5)6)17-16(12-24)23-8-9-26-19(23)22-17/h8-12H,1-7H3. The van der Waals surface area contributed by atoms with Crippen molar-refractivity contribution < 1.29 is 9.53 Å². The van der Waals surface area contributed by atoms with Crippen LogP contribution in [0.4, 0.5) is 0 Å². The number of aromatic nitrogens is 2. The maximum atomic E-state index is 11.8. The quantitative estimate of drug-likeness (QED) is 0.574. The third-order valence-electron chi connectivity index (χ3n) is 4.63. The lowest BCUT2D eigenvalue weighted by Gasteiger charge is -2.28. The molecular weight excluding hydrogens is 344 g/mol. The summed E-state index contributed by atoms with van der Waals surface area (Å²) in [5.74, 6) is 0.791. The molecule has 0 aliphatic rings. The largest absolute Gasteiger partial charge is 0.496 e. The summed E-state index contributed by atoms with van der Waals surface area (Å²) in [5.41, 5.74) is 4.31. The topological polar surface area (TPSA) is 43.6 Å². The summed E-state index contributed by atoms with van der Waals surface area (Å²) in [5, 5.41) is 1.93. The number of hydrogen-bond donors (Lipinski definition) is 0. The molecule has 2 aromatic heterocycles. The SMILES string of the molecule is COc1c(-c2nc3sccn3c2C=O)cc(C(C)(C)C)cc1C(C)(C)C. The van der Waals surface area contributed by atoms with Gasteiger partial charge in [0.25, 0.3) is 0 Å². The lowest BCUT2D eigenvalue weighted by molar-refractivity contribution is 0.111. The Balaban J connectivity index is 2.41. The fraction of sp³-hybridized carbons (Fsp3) is 0.429. The highest BCUT2D eigenvalue weighted by Crippen LogP contribution is 2.43. The van der Waals surface area contributed by atoms with Crippen LogP contribution >= 0.6 is 11.3 Å². The van der Waals surface area contributed by atoms with Crippen molar-refractivity contribution in [3.63, 3.8) is 0 Å². The van der Waals surface area contributed by atoms with E-state index in [1.165, 1.54) is 16.9 Å². The van der Waals surface area contributed by atoms with Crippen molar-refractivity contribution >= 4 is 22.6 Å². The van der Waals surface area contributed by atoms with Crippen LogP contribution in [0.2, 0.25) is 0 Å². The molecule has 0 unspecified atom stereocenters. The lowest BCUT2D eigenvalue weighted by atomic mass is 9.78. The minimum atomic E-state index is -0.0974. The number of imidazole rings is 1. The van der Waals surface area contributed by atoms with Crippen molar-refractivity contribution in [2.24, 2.45) is 0 Å². The molecule has 1 aromatic carbocycles. The minimum Gasteiger partial charge on any atom is -0.496 e. The first-order chi connectivity index (χ1) is 12.1. The average Bonchev–Trinajstić information content (AvgIpc) is 3.12. The highest BCUT2D eigenvalue weighted by Gasteiger charge is 2.28. The molecule has 0 N–H and O–H groups in total. The van der Waals surface area contributed by atoms with Gasteiger partial charge in [0.2, 0.25) is 0 Å². The number of methoxy groups -OCH3 is 1. The molecule has 26 heavy (non-hydrogen) atoms. The summed E-state index contributed by atoms with van der Waals surface area (Å²) >= 11 is 1.52. The van der Waals surface area contributed by atoms with Gasteiger partial charge in [-0.3, -0.25) is 9.20 Å². The number of carbonyl (C=O) groups is 1. The number of carbonyl (C=O) groups excluding carboxylic acids is 1. The van der Waals surface area contributed by atoms with E-state index >= 15 is 0 Å². The van der Waals surface area contributed by atoms with E-state index in [-0.39, 0.29) is 10.8 Å². The van der Waals surface area contributed by atoms with Crippen molar-refractivity contribution in [3.05, 3.63) is 40.5 Å². The molecule has 0 amide bonds. The van der Waals surface area contributed by atoms with Crippen LogP contribution in [0.25, 0.3) is 16.2 Å². The van der Waals surface area contributed by atoms with Crippen LogP contribution in [-0.2, 0) is 10.8 Å². The van der Waals surface area contributed by atoms with Crippen LogP contribution in [0.15, 0.2) is 23.7 Å². The van der Waals surface area contributed by atoms with E-state index in [2.05, 4.69) is 53.7 Å². The van der Waals surface area contributed by atoms with Gasteiger partial charge in [-0.25, -0.2) is 4.98 Å². The maximum Gasteiger partial charge on any atom is 0.194 e. The Labute approximate surface area is 158 Å². The van der Waals surface area contributed by atoms with Gasteiger partial charge in [-0.05, 0) is 22.5 Å². The van der Waals surface area contributed by atoms with Crippen molar-refractivity contribution in [1.82, 2.24) is 9.38 Å². The Hall–Kier alpha value is -2.14. The zero-order chi connectivity index (χ0) is 19.3. The van der Waals surface area contributed by atoms with Crippen LogP contribution in [0, 0.1) is 0 Å². The van der Waals surface area contributed by atoms with Gasteiger partial charge in [-0.2, -0.15) is 0 Å². The summed E-state index contributed by atoms with van der Waals surface area (Å²) in [6, 6.07) is 4.34. The van der Waals surface area contributed by atoms with Crippen molar-refractivity contribution in [2.45, 2.75) is 52.4 Å². The molecule has 0 atom stereocenters. The lowest BCUT2D eigenvalue weighted by Crippen LogP contribution is -2.18. The smallest absolute Gasteiger partial charge is 0.194 e. The van der Waals surface area contributed by atoms with Gasteiger partial charge >= 0.3 is 0 Å². The van der Waals surface area contributed by atoms with Gasteiger partial charge < -0.3 is 4.74 Å². The van der Waals surface area contributed by atoms with E-state index in [0.29, 0.717) is 11.4 Å². The van der Waals surface area contributed by atoms with E-state index in [0.717, 1.165) is 28.1 Å². The van der Waals surface area contributed by atoms with E-state index in [1.807, 2.05) is 16.0 Å². The van der Waals surface area contributed by atoms with Crippen LogP contribution < -0.4 is 4.74 Å². The van der Waals surface area contributed by atoms with Gasteiger partial charge in [0.1, 0.15) is 17.1 Å². The van der Waals surface area contributed by atoms with Gasteiger partial charge in [0.05, 0.1) is 7.11 Å². The molecule has 3 aromatic rings. The molecule has 2 heterocycles. The fourth-order valence-electron chi connectivity index (χ4n) is 3.13. The first-order valence-electron chi connectivity index (χ1n) is 8.72. The fourth-order valence-corrected chi connectivity index (χ4v) is 3.85. The van der Waals surface area contributed by atoms with Gasteiger partial charge in [0, 0.05) is 22.7 Å². The summed E-state index contributed by atoms with van der Waals surface area (Å²) in [6.45, 7) is 13.1. The molecule has 4 nitrogen and oxygen atoms in total. The maximum absolute atomic E-state index is 11.8. The number of nitrogens with zero attached hydrogens (tertiary/aromatic N) is 2. The van der Waals surface area contributed by atoms with Crippen molar-refractivity contribution in [2.75, 3.05) is 7.11 Å². The minimum absolute atomic E-state index is 0.0283. The third-order valence-corrected chi connectivity index (χ3v) is 5.39. The van der Waals surface area contributed by atoms with E-state index in [9.17, 15) is 4.79 Å². The van der Waals surface area contributed by atoms with Gasteiger partial charge in [-0.1, -0.05) is 47.6 Å². The van der Waals surface area contributed by atoms with Crippen molar-refractivity contribution in [1.29, 1.82) is 0 Å². The summed E-state index contributed by atoms with van der Waals surface area (Å²) < 4.78 is 7.68. The second kappa shape index (κ2) is 6.23. The Kier molecular flexibility index (Phi) is 4.47. The van der Waals surface area contributed by atoms with E-state index < -0.39 is 0 Å². The van der Waals surface area contributed by atoms with E-state index in [4.69, 9.17) is 9.72 Å². The third kappa shape index (κ3) is 3.05. The molecule has 3 rings (SSSR count). The summed E-state index contributed by atoms with van der Waals surface area (Å²) in [7, 11) is 1.68. The number of benzene rings is 1. The van der Waals surface area contributed by atoms with Crippen LogP contribution in [-0.4, -0.2) is 22.8 Å². The second-order valence-corrected chi connectivity index (χ2v) is 9.50. The molecule has 138 valence electrons.